The Labute approximate surface area is 125 Å². The first kappa shape index (κ1) is 18.3. The molecule has 1 unspecified atom stereocenters. The Bertz CT molecular complexity index is 431. The van der Waals surface area contributed by atoms with Crippen LogP contribution in [0.25, 0.3) is 0 Å². The van der Waals surface area contributed by atoms with Gasteiger partial charge in [0.2, 0.25) is 5.91 Å². The van der Waals surface area contributed by atoms with Gasteiger partial charge in [0.25, 0.3) is 0 Å². The monoisotopic (exact) mass is 323 g/mol. The van der Waals surface area contributed by atoms with Gasteiger partial charge in [-0.2, -0.15) is 0 Å². The maximum Gasteiger partial charge on any atom is 0.306 e. The van der Waals surface area contributed by atoms with Gasteiger partial charge in [0, 0.05) is 6.92 Å². The molecule has 0 aliphatic carbocycles. The van der Waals surface area contributed by atoms with Crippen molar-refractivity contribution < 1.29 is 43.6 Å². The Hall–Kier alpha value is -1.78. The van der Waals surface area contributed by atoms with E-state index in [1.54, 1.807) is 0 Å². The number of aliphatic carboxylic acids is 1. The van der Waals surface area contributed by atoms with Gasteiger partial charge in [-0.25, -0.2) is 4.39 Å². The number of aliphatic hydroxyl groups excluding tert-OH is 2. The van der Waals surface area contributed by atoms with E-state index >= 15 is 0 Å². The molecule has 9 nitrogen and oxygen atoms in total. The summed E-state index contributed by atoms with van der Waals surface area (Å²) in [5, 5.41) is 29.9. The van der Waals surface area contributed by atoms with E-state index in [0.717, 1.165) is 6.92 Å². The molecule has 1 aliphatic heterocycles. The number of carbonyl (C=O) groups excluding carboxylic acids is 2. The average molecular weight is 323 g/mol. The largest absolute Gasteiger partial charge is 0.481 e. The van der Waals surface area contributed by atoms with E-state index in [9.17, 15) is 29.0 Å². The third-order valence-electron chi connectivity index (χ3n) is 2.99. The molecule has 5 atom stereocenters. The summed E-state index contributed by atoms with van der Waals surface area (Å²) in [6.07, 6.45) is -7.67. The number of carbonyl (C=O) groups is 3. The molecule has 0 aromatic carbocycles. The molecule has 0 aromatic heterocycles. The van der Waals surface area contributed by atoms with Crippen molar-refractivity contribution in [3.8, 4) is 0 Å². The Morgan fingerprint density at radius 3 is 2.45 bits per heavy atom. The number of nitrogens with one attached hydrogen (secondary N) is 1. The van der Waals surface area contributed by atoms with Gasteiger partial charge in [0.05, 0.1) is 12.8 Å². The third kappa shape index (κ3) is 5.20. The topological polar surface area (TPSA) is 142 Å². The number of rotatable bonds is 6. The number of carboxylic acids is 1. The predicted molar refractivity (Wildman–Crippen MR) is 67.2 cm³/mol. The minimum absolute atomic E-state index is 0.390. The fraction of sp³-hybridized carbons (Fsp3) is 0.750. The summed E-state index contributed by atoms with van der Waals surface area (Å²) in [4.78, 5) is 32.4. The highest BCUT2D eigenvalue weighted by Crippen LogP contribution is 2.23. The molecule has 126 valence electrons. The van der Waals surface area contributed by atoms with Crippen LogP contribution in [0.2, 0.25) is 0 Å². The summed E-state index contributed by atoms with van der Waals surface area (Å²) in [6.45, 7) is 0.531. The lowest BCUT2D eigenvalue weighted by molar-refractivity contribution is -0.242. The molecule has 1 amide bonds. The standard InChI is InChI=1S/C12H18FNO8/c1-5(15)14-10-11(19)9(13)6(22-12(10)20)4-21-8(18)3-2-7(16)17/h6,9-12,19-20H,2-4H2,1H3,(H,14,15)(H,16,17)/t6-,9-,10-,11+,12?/m1/s1. The molecule has 0 spiro atoms. The summed E-state index contributed by atoms with van der Waals surface area (Å²) >= 11 is 0. The molecule has 0 radical (unpaired) electrons. The summed E-state index contributed by atoms with van der Waals surface area (Å²) in [7, 11) is 0. The number of carboxylic acid groups (broad SMARTS) is 1. The van der Waals surface area contributed by atoms with Crippen LogP contribution >= 0.6 is 0 Å². The predicted octanol–water partition coefficient (Wildman–Crippen LogP) is -1.68. The van der Waals surface area contributed by atoms with E-state index in [1.807, 2.05) is 0 Å². The maximum absolute atomic E-state index is 14.0. The number of amides is 1. The van der Waals surface area contributed by atoms with Crippen molar-refractivity contribution in [2.45, 2.75) is 50.5 Å². The Morgan fingerprint density at radius 2 is 1.91 bits per heavy atom. The van der Waals surface area contributed by atoms with E-state index in [2.05, 4.69) is 10.1 Å². The van der Waals surface area contributed by atoms with E-state index in [0.29, 0.717) is 0 Å². The minimum Gasteiger partial charge on any atom is -0.481 e. The molecule has 0 bridgehead atoms. The molecule has 1 saturated heterocycles. The third-order valence-corrected chi connectivity index (χ3v) is 2.99. The normalized spacial score (nSPS) is 31.4. The van der Waals surface area contributed by atoms with Crippen LogP contribution < -0.4 is 5.32 Å². The minimum atomic E-state index is -2.01. The second kappa shape index (κ2) is 8.01. The molecule has 0 saturated carbocycles. The zero-order valence-electron chi connectivity index (χ0n) is 11.8. The lowest BCUT2D eigenvalue weighted by Gasteiger charge is -2.39. The van der Waals surface area contributed by atoms with Gasteiger partial charge in [-0.05, 0) is 0 Å². The van der Waals surface area contributed by atoms with E-state index in [1.165, 1.54) is 0 Å². The maximum atomic E-state index is 14.0. The molecule has 22 heavy (non-hydrogen) atoms. The van der Waals surface area contributed by atoms with Crippen molar-refractivity contribution in [3.05, 3.63) is 0 Å². The number of esters is 1. The number of hydrogen-bond acceptors (Lipinski definition) is 7. The van der Waals surface area contributed by atoms with Crippen LogP contribution in [0.3, 0.4) is 0 Å². The quantitative estimate of drug-likeness (QED) is 0.424. The highest BCUT2D eigenvalue weighted by atomic mass is 19.1. The molecule has 1 rings (SSSR count). The van der Waals surface area contributed by atoms with Gasteiger partial charge in [-0.15, -0.1) is 0 Å². The molecule has 0 aromatic rings. The lowest BCUT2D eigenvalue weighted by atomic mass is 9.98. The van der Waals surface area contributed by atoms with Crippen molar-refractivity contribution in [3.63, 3.8) is 0 Å². The van der Waals surface area contributed by atoms with Crippen molar-refractivity contribution in [1.29, 1.82) is 0 Å². The molecule has 1 fully saturated rings. The molecule has 1 aliphatic rings. The van der Waals surface area contributed by atoms with Gasteiger partial charge in [0.15, 0.2) is 12.5 Å². The number of aliphatic hydroxyl groups is 2. The fourth-order valence-corrected chi connectivity index (χ4v) is 1.90. The van der Waals surface area contributed by atoms with Crippen LogP contribution in [0.15, 0.2) is 0 Å². The lowest BCUT2D eigenvalue weighted by Crippen LogP contribution is -2.62. The summed E-state index contributed by atoms with van der Waals surface area (Å²) in [5.41, 5.74) is 0. The van der Waals surface area contributed by atoms with Gasteiger partial charge in [-0.3, -0.25) is 14.4 Å². The van der Waals surface area contributed by atoms with Gasteiger partial charge >= 0.3 is 11.9 Å². The zero-order valence-corrected chi connectivity index (χ0v) is 11.8. The van der Waals surface area contributed by atoms with Crippen molar-refractivity contribution in [2.24, 2.45) is 0 Å². The van der Waals surface area contributed by atoms with Crippen molar-refractivity contribution in [1.82, 2.24) is 5.32 Å². The van der Waals surface area contributed by atoms with Crippen LogP contribution in [0.4, 0.5) is 4.39 Å². The van der Waals surface area contributed by atoms with Gasteiger partial charge in [-0.1, -0.05) is 0 Å². The second-order valence-electron chi connectivity index (χ2n) is 4.80. The highest BCUT2D eigenvalue weighted by molar-refractivity contribution is 5.76. The van der Waals surface area contributed by atoms with E-state index < -0.39 is 68.0 Å². The Morgan fingerprint density at radius 1 is 1.27 bits per heavy atom. The van der Waals surface area contributed by atoms with E-state index in [4.69, 9.17) is 9.84 Å². The highest BCUT2D eigenvalue weighted by Gasteiger charge is 2.45. The first-order valence-electron chi connectivity index (χ1n) is 6.52. The summed E-state index contributed by atoms with van der Waals surface area (Å²) in [5.74, 6) is -2.64. The van der Waals surface area contributed by atoms with Gasteiger partial charge in [0.1, 0.15) is 24.9 Å². The number of alkyl halides is 1. The average Bonchev–Trinajstić information content (AvgIpc) is 2.43. The van der Waals surface area contributed by atoms with Crippen LogP contribution in [0.5, 0.6) is 0 Å². The molecule has 10 heteroatoms. The van der Waals surface area contributed by atoms with Gasteiger partial charge < -0.3 is 30.1 Å². The van der Waals surface area contributed by atoms with Crippen LogP contribution in [0, 0.1) is 0 Å². The van der Waals surface area contributed by atoms with Crippen LogP contribution in [-0.2, 0) is 23.9 Å². The first-order chi connectivity index (χ1) is 10.2. The number of halogens is 1. The number of hydrogen-bond donors (Lipinski definition) is 4. The van der Waals surface area contributed by atoms with Crippen molar-refractivity contribution >= 4 is 17.8 Å². The Balaban J connectivity index is 2.51. The second-order valence-corrected chi connectivity index (χ2v) is 4.80. The summed E-state index contributed by atoms with van der Waals surface area (Å²) < 4.78 is 23.5. The number of ether oxygens (including phenoxy) is 2. The molecular weight excluding hydrogens is 305 g/mol. The molecule has 4 N–H and O–H groups in total. The fourth-order valence-electron chi connectivity index (χ4n) is 1.90. The van der Waals surface area contributed by atoms with Crippen molar-refractivity contribution in [2.75, 3.05) is 6.61 Å². The van der Waals surface area contributed by atoms with Crippen LogP contribution in [0.1, 0.15) is 19.8 Å². The SMILES string of the molecule is CC(=O)N[C@H]1C(O)O[C@H](COC(=O)CCC(=O)O)[C@@H](F)[C@@H]1O. The summed E-state index contributed by atoms with van der Waals surface area (Å²) in [6, 6.07) is -1.34. The molecule has 1 heterocycles. The smallest absolute Gasteiger partial charge is 0.306 e. The van der Waals surface area contributed by atoms with E-state index in [-0.39, 0.29) is 0 Å². The molecular formula is C12H18FNO8. The Kier molecular flexibility index (Phi) is 6.65. The van der Waals surface area contributed by atoms with Crippen LogP contribution in [-0.4, -0.2) is 70.5 Å². The first-order valence-corrected chi connectivity index (χ1v) is 6.52. The zero-order chi connectivity index (χ0) is 16.9.